The maximum absolute atomic E-state index is 9.79. The minimum atomic E-state index is -0.605. The Morgan fingerprint density at radius 1 is 1.40 bits per heavy atom. The average Bonchev–Trinajstić information content (AvgIpc) is 2.99. The first-order chi connectivity index (χ1) is 9.79. The van der Waals surface area contributed by atoms with E-state index in [1.807, 2.05) is 24.3 Å². The van der Waals surface area contributed by atoms with Crippen molar-refractivity contribution >= 4 is 11.7 Å². The third-order valence-electron chi connectivity index (χ3n) is 2.65. The molecule has 0 amide bonds. The number of para-hydroxylation sites is 1. The molecule has 7 heteroatoms. The Labute approximate surface area is 121 Å². The number of aliphatic hydroxyl groups is 1. The van der Waals surface area contributed by atoms with Gasteiger partial charge in [-0.2, -0.15) is 4.37 Å². The highest BCUT2D eigenvalue weighted by Gasteiger charge is 2.07. The molecular weight excluding hydrogens is 278 g/mol. The lowest BCUT2D eigenvalue weighted by Crippen LogP contribution is -2.31. The second-order valence-corrected chi connectivity index (χ2v) is 4.71. The lowest BCUT2D eigenvalue weighted by Gasteiger charge is -2.13. The summed E-state index contributed by atoms with van der Waals surface area (Å²) in [7, 11) is 1.64. The van der Waals surface area contributed by atoms with Crippen LogP contribution in [-0.4, -0.2) is 40.2 Å². The highest BCUT2D eigenvalue weighted by molar-refractivity contribution is 6.99. The number of hydrogen-bond donors (Lipinski definition) is 2. The van der Waals surface area contributed by atoms with E-state index in [1.165, 1.54) is 6.20 Å². The van der Waals surface area contributed by atoms with Crippen molar-refractivity contribution in [3.05, 3.63) is 36.0 Å². The van der Waals surface area contributed by atoms with E-state index in [0.29, 0.717) is 19.0 Å². The number of methoxy groups -OCH3 is 1. The number of ether oxygens (including phenoxy) is 2. The molecule has 2 rings (SSSR count). The zero-order valence-corrected chi connectivity index (χ0v) is 12.0. The maximum atomic E-state index is 9.79. The number of rotatable bonds is 8. The number of hydrogen-bond acceptors (Lipinski definition) is 7. The van der Waals surface area contributed by atoms with E-state index in [-0.39, 0.29) is 6.61 Å². The van der Waals surface area contributed by atoms with Crippen LogP contribution in [0.2, 0.25) is 0 Å². The normalized spacial score (nSPS) is 12.1. The summed E-state index contributed by atoms with van der Waals surface area (Å²) < 4.78 is 18.3. The van der Waals surface area contributed by atoms with Gasteiger partial charge in [-0.1, -0.05) is 18.2 Å². The third kappa shape index (κ3) is 4.44. The fourth-order valence-corrected chi connectivity index (χ4v) is 2.05. The van der Waals surface area contributed by atoms with Crippen molar-refractivity contribution in [2.24, 2.45) is 0 Å². The van der Waals surface area contributed by atoms with Gasteiger partial charge in [-0.15, -0.1) is 4.37 Å². The summed E-state index contributed by atoms with van der Waals surface area (Å²) in [5, 5.41) is 13.0. The molecule has 0 fully saturated rings. The highest BCUT2D eigenvalue weighted by Crippen LogP contribution is 2.16. The van der Waals surface area contributed by atoms with E-state index < -0.39 is 6.10 Å². The zero-order chi connectivity index (χ0) is 14.2. The minimum Gasteiger partial charge on any atom is -0.496 e. The molecule has 1 unspecified atom stereocenters. The maximum Gasteiger partial charge on any atom is 0.245 e. The Morgan fingerprint density at radius 3 is 3.00 bits per heavy atom. The van der Waals surface area contributed by atoms with Crippen LogP contribution in [0.1, 0.15) is 5.56 Å². The molecule has 2 N–H and O–H groups in total. The van der Waals surface area contributed by atoms with E-state index in [1.54, 1.807) is 7.11 Å². The standard InChI is InChI=1S/C13H17N3O3S/c1-18-12-5-3-2-4-10(12)6-14-7-11(17)9-19-13-8-15-20-16-13/h2-5,8,11,14,17H,6-7,9H2,1H3. The molecule has 0 aliphatic heterocycles. The molecule has 6 nitrogen and oxygen atoms in total. The lowest BCUT2D eigenvalue weighted by atomic mass is 10.2. The number of aromatic nitrogens is 2. The summed E-state index contributed by atoms with van der Waals surface area (Å²) in [6, 6.07) is 7.77. The van der Waals surface area contributed by atoms with Gasteiger partial charge in [0, 0.05) is 18.7 Å². The molecule has 108 valence electrons. The van der Waals surface area contributed by atoms with E-state index in [0.717, 1.165) is 23.0 Å². The molecule has 1 atom stereocenters. The zero-order valence-electron chi connectivity index (χ0n) is 11.2. The van der Waals surface area contributed by atoms with Gasteiger partial charge in [-0.3, -0.25) is 0 Å². The van der Waals surface area contributed by atoms with Crippen molar-refractivity contribution in [1.82, 2.24) is 14.1 Å². The Kier molecular flexibility index (Phi) is 5.72. The van der Waals surface area contributed by atoms with Crippen molar-refractivity contribution in [2.75, 3.05) is 20.3 Å². The first-order valence-electron chi connectivity index (χ1n) is 6.20. The Balaban J connectivity index is 1.69. The molecule has 1 aromatic carbocycles. The molecule has 0 spiro atoms. The van der Waals surface area contributed by atoms with E-state index in [2.05, 4.69) is 14.1 Å². The highest BCUT2D eigenvalue weighted by atomic mass is 32.1. The van der Waals surface area contributed by atoms with Gasteiger partial charge in [0.25, 0.3) is 0 Å². The van der Waals surface area contributed by atoms with Crippen molar-refractivity contribution < 1.29 is 14.6 Å². The summed E-state index contributed by atoms with van der Waals surface area (Å²) in [5.41, 5.74) is 1.05. The van der Waals surface area contributed by atoms with Gasteiger partial charge in [0.05, 0.1) is 18.8 Å². The molecule has 0 bridgehead atoms. The molecule has 1 heterocycles. The first-order valence-corrected chi connectivity index (χ1v) is 6.93. The summed E-state index contributed by atoms with van der Waals surface area (Å²) in [4.78, 5) is 0. The monoisotopic (exact) mass is 295 g/mol. The van der Waals surface area contributed by atoms with E-state index in [9.17, 15) is 5.11 Å². The van der Waals surface area contributed by atoms with Gasteiger partial charge >= 0.3 is 0 Å². The number of nitrogens with zero attached hydrogens (tertiary/aromatic N) is 2. The van der Waals surface area contributed by atoms with Gasteiger partial charge < -0.3 is 19.9 Å². The Morgan fingerprint density at radius 2 is 2.25 bits per heavy atom. The lowest BCUT2D eigenvalue weighted by molar-refractivity contribution is 0.104. The van der Waals surface area contributed by atoms with Crippen LogP contribution in [0.5, 0.6) is 11.6 Å². The molecule has 1 aromatic heterocycles. The summed E-state index contributed by atoms with van der Waals surface area (Å²) in [5.74, 6) is 1.28. The minimum absolute atomic E-state index is 0.185. The van der Waals surface area contributed by atoms with Crippen molar-refractivity contribution in [1.29, 1.82) is 0 Å². The van der Waals surface area contributed by atoms with Gasteiger partial charge in [-0.05, 0) is 6.07 Å². The van der Waals surface area contributed by atoms with E-state index in [4.69, 9.17) is 9.47 Å². The largest absolute Gasteiger partial charge is 0.496 e. The van der Waals surface area contributed by atoms with Crippen LogP contribution in [0.25, 0.3) is 0 Å². The number of nitrogens with one attached hydrogen (secondary N) is 1. The van der Waals surface area contributed by atoms with Crippen LogP contribution < -0.4 is 14.8 Å². The topological polar surface area (TPSA) is 76.5 Å². The Bertz CT molecular complexity index is 507. The van der Waals surface area contributed by atoms with Crippen LogP contribution in [0, 0.1) is 0 Å². The summed E-state index contributed by atoms with van der Waals surface area (Å²) >= 11 is 1.07. The van der Waals surface area contributed by atoms with Crippen LogP contribution >= 0.6 is 11.7 Å². The molecule has 0 aliphatic carbocycles. The fraction of sp³-hybridized carbons (Fsp3) is 0.385. The fourth-order valence-electron chi connectivity index (χ4n) is 1.68. The van der Waals surface area contributed by atoms with Crippen LogP contribution in [0.3, 0.4) is 0 Å². The van der Waals surface area contributed by atoms with Crippen LogP contribution in [0.15, 0.2) is 30.5 Å². The molecular formula is C13H17N3O3S. The SMILES string of the molecule is COc1ccccc1CNCC(O)COc1cnsn1. The summed E-state index contributed by atoms with van der Waals surface area (Å²) in [6.07, 6.45) is 0.922. The third-order valence-corrected chi connectivity index (χ3v) is 3.11. The van der Waals surface area contributed by atoms with E-state index >= 15 is 0 Å². The number of benzene rings is 1. The van der Waals surface area contributed by atoms with Gasteiger partial charge in [0.15, 0.2) is 0 Å². The van der Waals surface area contributed by atoms with Crippen molar-refractivity contribution in [2.45, 2.75) is 12.6 Å². The molecule has 20 heavy (non-hydrogen) atoms. The molecule has 0 radical (unpaired) electrons. The predicted octanol–water partition coefficient (Wildman–Crippen LogP) is 1.08. The average molecular weight is 295 g/mol. The van der Waals surface area contributed by atoms with Crippen molar-refractivity contribution in [3.63, 3.8) is 0 Å². The quantitative estimate of drug-likeness (QED) is 0.759. The number of aliphatic hydroxyl groups excluding tert-OH is 1. The van der Waals surface area contributed by atoms with Crippen molar-refractivity contribution in [3.8, 4) is 11.6 Å². The van der Waals surface area contributed by atoms with Gasteiger partial charge in [0.1, 0.15) is 24.7 Å². The van der Waals surface area contributed by atoms with Crippen LogP contribution in [0.4, 0.5) is 0 Å². The summed E-state index contributed by atoms with van der Waals surface area (Å²) in [6.45, 7) is 1.24. The smallest absolute Gasteiger partial charge is 0.245 e. The second kappa shape index (κ2) is 7.78. The molecule has 0 saturated heterocycles. The first kappa shape index (κ1) is 14.7. The molecule has 2 aromatic rings. The van der Waals surface area contributed by atoms with Gasteiger partial charge in [-0.25, -0.2) is 0 Å². The van der Waals surface area contributed by atoms with Crippen LogP contribution in [-0.2, 0) is 6.54 Å². The second-order valence-electron chi connectivity index (χ2n) is 4.15. The predicted molar refractivity (Wildman–Crippen MR) is 76.1 cm³/mol. The van der Waals surface area contributed by atoms with Gasteiger partial charge in [0.2, 0.25) is 5.88 Å². The molecule has 0 saturated carbocycles. The Hall–Kier alpha value is -1.70. The molecule has 0 aliphatic rings.